The van der Waals surface area contributed by atoms with Gasteiger partial charge in [-0.1, -0.05) is 31.5 Å². The number of benzene rings is 1. The van der Waals surface area contributed by atoms with Gasteiger partial charge >= 0.3 is 0 Å². The van der Waals surface area contributed by atoms with E-state index in [1.165, 1.54) is 0 Å². The third-order valence-corrected chi connectivity index (χ3v) is 3.09. The van der Waals surface area contributed by atoms with Crippen molar-refractivity contribution in [3.63, 3.8) is 0 Å². The molecule has 0 spiro atoms. The molecule has 0 atom stereocenters. The number of aliphatic imine (C=N–C) groups is 1. The molecule has 130 valence electrons. The second kappa shape index (κ2) is 14.3. The van der Waals surface area contributed by atoms with E-state index in [4.69, 9.17) is 0 Å². The normalized spacial score (nSPS) is 10.6. The highest BCUT2D eigenvalue weighted by Gasteiger charge is 2.02. The van der Waals surface area contributed by atoms with Crippen molar-refractivity contribution in [2.45, 2.75) is 33.1 Å². The van der Waals surface area contributed by atoms with Gasteiger partial charge in [-0.3, -0.25) is 9.79 Å². The van der Waals surface area contributed by atoms with E-state index in [2.05, 4.69) is 34.8 Å². The Morgan fingerprint density at radius 2 is 1.70 bits per heavy atom. The van der Waals surface area contributed by atoms with Crippen molar-refractivity contribution in [3.8, 4) is 0 Å². The van der Waals surface area contributed by atoms with Crippen molar-refractivity contribution in [2.75, 3.05) is 26.2 Å². The number of rotatable bonds is 9. The molecule has 1 aromatic carbocycles. The van der Waals surface area contributed by atoms with Gasteiger partial charge in [0.2, 0.25) is 0 Å². The Balaban J connectivity index is 0.00000484. The fourth-order valence-electron chi connectivity index (χ4n) is 1.89. The third kappa shape index (κ3) is 10.1. The topological polar surface area (TPSA) is 65.5 Å². The number of hydrogen-bond acceptors (Lipinski definition) is 2. The van der Waals surface area contributed by atoms with Crippen LogP contribution in [-0.2, 0) is 0 Å². The molecule has 0 aliphatic heterocycles. The molecule has 0 heterocycles. The van der Waals surface area contributed by atoms with Crippen LogP contribution >= 0.6 is 24.0 Å². The number of carbonyl (C=O) groups excluding carboxylic acids is 1. The molecule has 0 aliphatic rings. The van der Waals surface area contributed by atoms with Crippen molar-refractivity contribution in [1.82, 2.24) is 16.0 Å². The minimum Gasteiger partial charge on any atom is -0.357 e. The Kier molecular flexibility index (Phi) is 13.5. The summed E-state index contributed by atoms with van der Waals surface area (Å²) in [6.45, 7) is 7.33. The monoisotopic (exact) mass is 432 g/mol. The highest BCUT2D eigenvalue weighted by molar-refractivity contribution is 14.0. The number of guanidine groups is 1. The molecule has 0 saturated carbocycles. The molecule has 0 unspecified atom stereocenters. The first-order chi connectivity index (χ1) is 10.8. The number of halogens is 1. The number of nitrogens with zero attached hydrogens (tertiary/aromatic N) is 1. The zero-order valence-electron chi connectivity index (χ0n) is 14.1. The zero-order chi connectivity index (χ0) is 16.0. The van der Waals surface area contributed by atoms with E-state index in [1.807, 2.05) is 30.3 Å². The molecule has 0 fully saturated rings. The number of nitrogens with one attached hydrogen (secondary N) is 3. The average Bonchev–Trinajstić information content (AvgIpc) is 2.55. The molecule has 23 heavy (non-hydrogen) atoms. The molecule has 0 aromatic heterocycles. The van der Waals surface area contributed by atoms with Crippen molar-refractivity contribution in [2.24, 2.45) is 4.99 Å². The van der Waals surface area contributed by atoms with Gasteiger partial charge in [0.15, 0.2) is 5.96 Å². The third-order valence-electron chi connectivity index (χ3n) is 3.09. The van der Waals surface area contributed by atoms with Crippen LogP contribution in [0.2, 0.25) is 0 Å². The maximum atomic E-state index is 11.8. The maximum Gasteiger partial charge on any atom is 0.251 e. The lowest BCUT2D eigenvalue weighted by atomic mass is 10.2. The zero-order valence-corrected chi connectivity index (χ0v) is 16.4. The Labute approximate surface area is 156 Å². The molecule has 0 bridgehead atoms. The van der Waals surface area contributed by atoms with E-state index in [0.717, 1.165) is 38.3 Å². The first-order valence-electron chi connectivity index (χ1n) is 8.13. The molecular weight excluding hydrogens is 403 g/mol. The summed E-state index contributed by atoms with van der Waals surface area (Å²) >= 11 is 0. The lowest BCUT2D eigenvalue weighted by Crippen LogP contribution is -2.38. The predicted octanol–water partition coefficient (Wildman–Crippen LogP) is 2.78. The maximum absolute atomic E-state index is 11.8. The molecule has 1 amide bonds. The first-order valence-corrected chi connectivity index (χ1v) is 8.13. The minimum atomic E-state index is -0.0300. The predicted molar refractivity (Wildman–Crippen MR) is 108 cm³/mol. The van der Waals surface area contributed by atoms with E-state index in [1.54, 1.807) is 0 Å². The van der Waals surface area contributed by atoms with E-state index in [9.17, 15) is 4.79 Å². The van der Waals surface area contributed by atoms with E-state index in [0.29, 0.717) is 18.7 Å². The van der Waals surface area contributed by atoms with Gasteiger partial charge in [-0.05, 0) is 31.9 Å². The Hall–Kier alpha value is -1.31. The number of amides is 1. The van der Waals surface area contributed by atoms with Gasteiger partial charge in [0, 0.05) is 31.7 Å². The van der Waals surface area contributed by atoms with Crippen LogP contribution in [0.3, 0.4) is 0 Å². The molecule has 1 aromatic rings. The molecule has 6 heteroatoms. The van der Waals surface area contributed by atoms with E-state index >= 15 is 0 Å². The molecule has 5 nitrogen and oxygen atoms in total. The average molecular weight is 432 g/mol. The summed E-state index contributed by atoms with van der Waals surface area (Å²) in [7, 11) is 0. The molecule has 0 radical (unpaired) electrons. The number of unbranched alkanes of at least 4 members (excludes halogenated alkanes) is 1. The molecule has 1 rings (SSSR count). The lowest BCUT2D eigenvalue weighted by Gasteiger charge is -2.10. The summed E-state index contributed by atoms with van der Waals surface area (Å²) in [4.78, 5) is 16.3. The van der Waals surface area contributed by atoms with Gasteiger partial charge in [0.1, 0.15) is 0 Å². The highest BCUT2D eigenvalue weighted by atomic mass is 127. The second-order valence-corrected chi connectivity index (χ2v) is 5.02. The number of carbonyl (C=O) groups is 1. The molecule has 0 saturated heterocycles. The van der Waals surface area contributed by atoms with Crippen LogP contribution in [-0.4, -0.2) is 38.0 Å². The van der Waals surface area contributed by atoms with Crippen LogP contribution in [0.4, 0.5) is 0 Å². The van der Waals surface area contributed by atoms with Crippen LogP contribution in [0.15, 0.2) is 35.3 Å². The van der Waals surface area contributed by atoms with Crippen molar-refractivity contribution in [1.29, 1.82) is 0 Å². The summed E-state index contributed by atoms with van der Waals surface area (Å²) < 4.78 is 0. The van der Waals surface area contributed by atoms with Gasteiger partial charge in [-0.2, -0.15) is 0 Å². The standard InChI is InChI=1S/C17H28N4O.HI/c1-3-5-12-20-17(18-4-2)21-14-9-13-19-16(22)15-10-7-6-8-11-15;/h6-8,10-11H,3-5,9,12-14H2,1-2H3,(H,19,22)(H2,18,20,21);1H. The summed E-state index contributed by atoms with van der Waals surface area (Å²) in [5, 5.41) is 9.43. The van der Waals surface area contributed by atoms with Crippen molar-refractivity contribution >= 4 is 35.8 Å². The second-order valence-electron chi connectivity index (χ2n) is 5.02. The first kappa shape index (κ1) is 21.7. The molecule has 0 aliphatic carbocycles. The molecular formula is C17H29IN4O. The van der Waals surface area contributed by atoms with Crippen LogP contribution in [0.5, 0.6) is 0 Å². The Bertz CT molecular complexity index is 451. The number of hydrogen-bond donors (Lipinski definition) is 3. The van der Waals surface area contributed by atoms with Gasteiger partial charge in [-0.15, -0.1) is 24.0 Å². The SMILES string of the molecule is CCCCNC(=NCCCNC(=O)c1ccccc1)NCC.I. The quantitative estimate of drug-likeness (QED) is 0.243. The largest absolute Gasteiger partial charge is 0.357 e. The Morgan fingerprint density at radius 3 is 2.35 bits per heavy atom. The van der Waals surface area contributed by atoms with Crippen LogP contribution in [0.1, 0.15) is 43.5 Å². The van der Waals surface area contributed by atoms with Gasteiger partial charge in [0.25, 0.3) is 5.91 Å². The van der Waals surface area contributed by atoms with Crippen LogP contribution in [0, 0.1) is 0 Å². The van der Waals surface area contributed by atoms with E-state index < -0.39 is 0 Å². The summed E-state index contributed by atoms with van der Waals surface area (Å²) in [5.74, 6) is 0.822. The minimum absolute atomic E-state index is 0. The van der Waals surface area contributed by atoms with Crippen molar-refractivity contribution < 1.29 is 4.79 Å². The van der Waals surface area contributed by atoms with Gasteiger partial charge in [0.05, 0.1) is 0 Å². The van der Waals surface area contributed by atoms with Crippen LogP contribution < -0.4 is 16.0 Å². The van der Waals surface area contributed by atoms with Gasteiger partial charge in [-0.25, -0.2) is 0 Å². The Morgan fingerprint density at radius 1 is 1.00 bits per heavy atom. The molecule has 3 N–H and O–H groups in total. The highest BCUT2D eigenvalue weighted by Crippen LogP contribution is 1.97. The summed E-state index contributed by atoms with van der Waals surface area (Å²) in [6, 6.07) is 9.26. The van der Waals surface area contributed by atoms with Gasteiger partial charge < -0.3 is 16.0 Å². The fraction of sp³-hybridized carbons (Fsp3) is 0.529. The lowest BCUT2D eigenvalue weighted by molar-refractivity contribution is 0.0953. The van der Waals surface area contributed by atoms with Crippen LogP contribution in [0.25, 0.3) is 0 Å². The summed E-state index contributed by atoms with van der Waals surface area (Å²) in [5.41, 5.74) is 0.695. The fourth-order valence-corrected chi connectivity index (χ4v) is 1.89. The van der Waals surface area contributed by atoms with E-state index in [-0.39, 0.29) is 29.9 Å². The van der Waals surface area contributed by atoms with Crippen molar-refractivity contribution in [3.05, 3.63) is 35.9 Å². The smallest absolute Gasteiger partial charge is 0.251 e. The summed E-state index contributed by atoms with van der Waals surface area (Å²) in [6.07, 6.45) is 3.12.